The van der Waals surface area contributed by atoms with Crippen LogP contribution in [0.2, 0.25) is 0 Å². The molecule has 0 aromatic carbocycles. The maximum absolute atomic E-state index is 13.3. The third-order valence-corrected chi connectivity index (χ3v) is 2.00. The second kappa shape index (κ2) is 6.49. The Morgan fingerprint density at radius 2 is 1.17 bits per heavy atom. The van der Waals surface area contributed by atoms with Gasteiger partial charge in [0.1, 0.15) is 6.67 Å². The van der Waals surface area contributed by atoms with Gasteiger partial charge in [-0.1, -0.05) is 0 Å². The summed E-state index contributed by atoms with van der Waals surface area (Å²) in [6.07, 6.45) is -24.6. The summed E-state index contributed by atoms with van der Waals surface area (Å²) in [5, 5.41) is 0. The quantitative estimate of drug-likeness (QED) is 0.585. The molecule has 2 atom stereocenters. The minimum Gasteiger partial charge on any atom is -0.278 e. The fraction of sp³-hybridized carbons (Fsp3) is 1.00. The van der Waals surface area contributed by atoms with Crippen LogP contribution in [-0.2, 0) is 9.47 Å². The molecule has 0 saturated heterocycles. The Labute approximate surface area is 118 Å². The van der Waals surface area contributed by atoms with Crippen molar-refractivity contribution in [2.45, 2.75) is 36.5 Å². The van der Waals surface area contributed by atoms with E-state index in [0.717, 1.165) is 0 Å². The van der Waals surface area contributed by atoms with Crippen LogP contribution in [0.1, 0.15) is 0 Å². The van der Waals surface area contributed by atoms with Crippen LogP contribution in [-0.4, -0.2) is 49.9 Å². The maximum atomic E-state index is 13.3. The van der Waals surface area contributed by atoms with E-state index < -0.39 is 49.9 Å². The molecule has 0 rings (SSSR count). The number of ether oxygens (including phenoxy) is 2. The van der Waals surface area contributed by atoms with E-state index in [1.807, 2.05) is 0 Å². The van der Waals surface area contributed by atoms with Crippen molar-refractivity contribution in [2.24, 2.45) is 0 Å². The summed E-state index contributed by atoms with van der Waals surface area (Å²) < 4.78 is 165. The summed E-state index contributed by atoms with van der Waals surface area (Å²) in [5.74, 6) is -13.2. The monoisotopic (exact) mass is 380 g/mol. The summed E-state index contributed by atoms with van der Waals surface area (Å²) in [6.45, 7) is -5.99. The molecule has 0 aliphatic heterocycles. The Kier molecular flexibility index (Phi) is 6.21. The first-order valence-corrected chi connectivity index (χ1v) is 5.00. The topological polar surface area (TPSA) is 18.5 Å². The number of alkyl halides is 13. The van der Waals surface area contributed by atoms with Gasteiger partial charge >= 0.3 is 30.2 Å². The van der Waals surface area contributed by atoms with E-state index in [2.05, 4.69) is 4.74 Å². The second-order valence-corrected chi connectivity index (χ2v) is 3.75. The lowest BCUT2D eigenvalue weighted by molar-refractivity contribution is -0.525. The summed E-state index contributed by atoms with van der Waals surface area (Å²) in [5.41, 5.74) is 0. The molecule has 2 nitrogen and oxygen atoms in total. The van der Waals surface area contributed by atoms with Gasteiger partial charge < -0.3 is 0 Å². The largest absolute Gasteiger partial charge is 0.458 e. The van der Waals surface area contributed by atoms with Gasteiger partial charge in [-0.3, -0.25) is 9.47 Å². The fourth-order valence-corrected chi connectivity index (χ4v) is 0.879. The summed E-state index contributed by atoms with van der Waals surface area (Å²) in [4.78, 5) is 0. The molecule has 0 aromatic rings. The van der Waals surface area contributed by atoms with Crippen molar-refractivity contribution in [2.75, 3.05) is 13.3 Å². The molecule has 15 heteroatoms. The van der Waals surface area contributed by atoms with Crippen molar-refractivity contribution in [3.05, 3.63) is 0 Å². The SMILES string of the molecule is FCC(F)OC(F)(F)C(F)(OC(F)(F)C(F)(F)CF)C(F)(F)F. The van der Waals surface area contributed by atoms with E-state index in [1.54, 1.807) is 4.74 Å². The maximum Gasteiger partial charge on any atom is 0.458 e. The van der Waals surface area contributed by atoms with Crippen molar-refractivity contribution in [3.63, 3.8) is 0 Å². The van der Waals surface area contributed by atoms with Crippen LogP contribution in [0.25, 0.3) is 0 Å². The van der Waals surface area contributed by atoms with Crippen molar-refractivity contribution in [1.82, 2.24) is 0 Å². The number of rotatable bonds is 8. The number of hydrogen-bond acceptors (Lipinski definition) is 2. The molecule has 0 heterocycles. The fourth-order valence-electron chi connectivity index (χ4n) is 0.879. The first kappa shape index (κ1) is 22.0. The molecule has 0 amide bonds. The lowest BCUT2D eigenvalue weighted by Crippen LogP contribution is -2.64. The Balaban J connectivity index is 5.88. The zero-order valence-electron chi connectivity index (χ0n) is 10.2. The van der Waals surface area contributed by atoms with Gasteiger partial charge in [-0.15, -0.1) is 0 Å². The van der Waals surface area contributed by atoms with Gasteiger partial charge in [-0.25, -0.2) is 13.2 Å². The van der Waals surface area contributed by atoms with Gasteiger partial charge in [-0.05, 0) is 0 Å². The molecule has 0 bridgehead atoms. The van der Waals surface area contributed by atoms with E-state index in [-0.39, 0.29) is 0 Å². The molecule has 0 saturated carbocycles. The zero-order chi connectivity index (χ0) is 18.9. The highest BCUT2D eigenvalue weighted by molar-refractivity contribution is 4.91. The van der Waals surface area contributed by atoms with Gasteiger partial charge in [0.2, 0.25) is 6.36 Å². The summed E-state index contributed by atoms with van der Waals surface area (Å²) in [6, 6.07) is 0. The van der Waals surface area contributed by atoms with Crippen LogP contribution in [0.15, 0.2) is 0 Å². The van der Waals surface area contributed by atoms with E-state index >= 15 is 0 Å². The second-order valence-electron chi connectivity index (χ2n) is 3.75. The predicted octanol–water partition coefficient (Wildman–Crippen LogP) is 4.30. The first-order chi connectivity index (χ1) is 9.97. The molecule has 0 aliphatic carbocycles. The molecule has 0 radical (unpaired) electrons. The Hall–Kier alpha value is -0.990. The third kappa shape index (κ3) is 4.30. The van der Waals surface area contributed by atoms with Crippen LogP contribution in [0.3, 0.4) is 0 Å². The van der Waals surface area contributed by atoms with Crippen molar-refractivity contribution in [1.29, 1.82) is 0 Å². The summed E-state index contributed by atoms with van der Waals surface area (Å²) >= 11 is 0. The molecule has 0 fully saturated rings. The van der Waals surface area contributed by atoms with Gasteiger partial charge in [0.25, 0.3) is 0 Å². The van der Waals surface area contributed by atoms with Crippen LogP contribution in [0.5, 0.6) is 0 Å². The third-order valence-electron chi connectivity index (χ3n) is 2.00. The Morgan fingerprint density at radius 3 is 1.48 bits per heavy atom. The smallest absolute Gasteiger partial charge is 0.278 e. The molecular weight excluding hydrogens is 375 g/mol. The highest BCUT2D eigenvalue weighted by Crippen LogP contribution is 2.52. The van der Waals surface area contributed by atoms with Gasteiger partial charge in [-0.2, -0.15) is 43.9 Å². The van der Waals surface area contributed by atoms with Crippen LogP contribution in [0.4, 0.5) is 57.1 Å². The molecular formula is C8H5F13O2. The average Bonchev–Trinajstić information content (AvgIpc) is 2.35. The van der Waals surface area contributed by atoms with Gasteiger partial charge in [0.15, 0.2) is 6.67 Å². The standard InChI is InChI=1S/C8H5F13O2/c9-1-3(11)22-8(20,21)5(14,6(15,16)17)23-7(18,19)4(12,13)2-10/h3H,1-2H2. The molecule has 0 spiro atoms. The first-order valence-electron chi connectivity index (χ1n) is 5.00. The lowest BCUT2D eigenvalue weighted by atomic mass is 10.2. The Morgan fingerprint density at radius 1 is 0.739 bits per heavy atom. The minimum atomic E-state index is -7.19. The van der Waals surface area contributed by atoms with Crippen LogP contribution >= 0.6 is 0 Å². The number of hydrogen-bond donors (Lipinski definition) is 0. The van der Waals surface area contributed by atoms with Gasteiger partial charge in [0.05, 0.1) is 0 Å². The molecule has 0 N–H and O–H groups in total. The van der Waals surface area contributed by atoms with Crippen molar-refractivity contribution >= 4 is 0 Å². The van der Waals surface area contributed by atoms with E-state index in [9.17, 15) is 57.1 Å². The van der Waals surface area contributed by atoms with Gasteiger partial charge in [0, 0.05) is 0 Å². The average molecular weight is 380 g/mol. The minimum absolute atomic E-state index is 1.78. The molecule has 140 valence electrons. The predicted molar refractivity (Wildman–Crippen MR) is 43.8 cm³/mol. The van der Waals surface area contributed by atoms with Crippen molar-refractivity contribution in [3.8, 4) is 0 Å². The molecule has 0 aliphatic rings. The lowest BCUT2D eigenvalue weighted by Gasteiger charge is -2.37. The zero-order valence-corrected chi connectivity index (χ0v) is 10.2. The molecule has 2 unspecified atom stereocenters. The van der Waals surface area contributed by atoms with Crippen LogP contribution in [0, 0.1) is 0 Å². The highest BCUT2D eigenvalue weighted by atomic mass is 19.4. The summed E-state index contributed by atoms with van der Waals surface area (Å²) in [7, 11) is 0. The molecule has 0 aromatic heterocycles. The van der Waals surface area contributed by atoms with E-state index in [4.69, 9.17) is 0 Å². The van der Waals surface area contributed by atoms with Crippen molar-refractivity contribution < 1.29 is 66.5 Å². The van der Waals surface area contributed by atoms with E-state index in [0.29, 0.717) is 0 Å². The van der Waals surface area contributed by atoms with Crippen LogP contribution < -0.4 is 0 Å². The molecule has 23 heavy (non-hydrogen) atoms. The van der Waals surface area contributed by atoms with E-state index in [1.165, 1.54) is 0 Å². The highest BCUT2D eigenvalue weighted by Gasteiger charge is 2.80. The Bertz CT molecular complexity index is 394. The number of halogens is 13. The normalized spacial score (nSPS) is 18.7.